The summed E-state index contributed by atoms with van der Waals surface area (Å²) in [5, 5.41) is 2.90. The lowest BCUT2D eigenvalue weighted by Crippen LogP contribution is -2.66. The molecule has 4 heterocycles. The molecule has 19 heavy (non-hydrogen) atoms. The van der Waals surface area contributed by atoms with Crippen LogP contribution in [0.2, 0.25) is 0 Å². The van der Waals surface area contributed by atoms with E-state index in [0.29, 0.717) is 11.8 Å². The molecule has 0 aromatic carbocycles. The van der Waals surface area contributed by atoms with E-state index < -0.39 is 0 Å². The van der Waals surface area contributed by atoms with Crippen molar-refractivity contribution in [3.8, 4) is 0 Å². The van der Waals surface area contributed by atoms with Crippen molar-refractivity contribution in [1.29, 1.82) is 0 Å². The highest BCUT2D eigenvalue weighted by atomic mass is 16.2. The molecule has 5 nitrogen and oxygen atoms in total. The van der Waals surface area contributed by atoms with Crippen molar-refractivity contribution >= 4 is 11.8 Å². The normalized spacial score (nSPS) is 42.4. The maximum Gasteiger partial charge on any atom is 0.246 e. The fourth-order valence-electron chi connectivity index (χ4n) is 4.01. The zero-order valence-electron chi connectivity index (χ0n) is 11.2. The van der Waals surface area contributed by atoms with Gasteiger partial charge in [-0.1, -0.05) is 0 Å². The van der Waals surface area contributed by atoms with E-state index >= 15 is 0 Å². The molecule has 5 rings (SSSR count). The van der Waals surface area contributed by atoms with Gasteiger partial charge in [0.15, 0.2) is 0 Å². The molecule has 2 amide bonds. The number of carbonyl (C=O) groups is 2. The number of fused-ring (bicyclic) bond motifs is 3. The molecule has 2 unspecified atom stereocenters. The monoisotopic (exact) mass is 263 g/mol. The number of piperazine rings is 1. The number of amides is 2. The molecule has 5 heteroatoms. The highest BCUT2D eigenvalue weighted by Gasteiger charge is 2.47. The number of hydrogen-bond donors (Lipinski definition) is 1. The summed E-state index contributed by atoms with van der Waals surface area (Å²) in [6.07, 6.45) is 4.55. The Labute approximate surface area is 113 Å². The molecular weight excluding hydrogens is 242 g/mol. The molecule has 0 radical (unpaired) electrons. The van der Waals surface area contributed by atoms with E-state index in [0.717, 1.165) is 19.4 Å². The number of rotatable bonds is 2. The molecule has 5 aliphatic rings. The molecule has 2 atom stereocenters. The van der Waals surface area contributed by atoms with Gasteiger partial charge < -0.3 is 15.1 Å². The summed E-state index contributed by atoms with van der Waals surface area (Å²) >= 11 is 0. The van der Waals surface area contributed by atoms with Gasteiger partial charge in [0.05, 0.1) is 6.54 Å². The molecule has 0 aromatic rings. The van der Waals surface area contributed by atoms with Gasteiger partial charge in [-0.2, -0.15) is 0 Å². The van der Waals surface area contributed by atoms with Crippen LogP contribution in [0, 0.1) is 11.8 Å². The topological polar surface area (TPSA) is 52.7 Å². The molecular formula is C14H21N3O2. The predicted octanol–water partition coefficient (Wildman–Crippen LogP) is -0.182. The van der Waals surface area contributed by atoms with E-state index in [-0.39, 0.29) is 30.4 Å². The van der Waals surface area contributed by atoms with Crippen molar-refractivity contribution in [2.75, 3.05) is 26.2 Å². The van der Waals surface area contributed by atoms with E-state index in [4.69, 9.17) is 0 Å². The fourth-order valence-corrected chi connectivity index (χ4v) is 4.01. The average molecular weight is 263 g/mol. The molecule has 4 saturated heterocycles. The van der Waals surface area contributed by atoms with Crippen LogP contribution in [0.4, 0.5) is 0 Å². The molecule has 1 aliphatic carbocycles. The highest BCUT2D eigenvalue weighted by Crippen LogP contribution is 2.37. The number of nitrogens with one attached hydrogen (secondary N) is 1. The van der Waals surface area contributed by atoms with Crippen LogP contribution in [0.1, 0.15) is 25.7 Å². The van der Waals surface area contributed by atoms with Gasteiger partial charge in [-0.15, -0.1) is 0 Å². The summed E-state index contributed by atoms with van der Waals surface area (Å²) in [5.74, 6) is 1.23. The van der Waals surface area contributed by atoms with Gasteiger partial charge in [-0.3, -0.25) is 9.59 Å². The molecule has 1 N–H and O–H groups in total. The standard InChI is InChI=1S/C14H21N3O2/c18-12-8-17(14(19)13(15-12)10-1-2-10)11-7-16-5-3-9(11)4-6-16/h9-11,13H,1-8H2,(H,15,18). The van der Waals surface area contributed by atoms with Crippen LogP contribution in [0.3, 0.4) is 0 Å². The summed E-state index contributed by atoms with van der Waals surface area (Å²) in [7, 11) is 0. The van der Waals surface area contributed by atoms with Gasteiger partial charge in [0, 0.05) is 12.6 Å². The first-order valence-corrected chi connectivity index (χ1v) is 7.54. The minimum Gasteiger partial charge on any atom is -0.342 e. The van der Waals surface area contributed by atoms with Crippen molar-refractivity contribution in [2.24, 2.45) is 11.8 Å². The number of nitrogens with zero attached hydrogens (tertiary/aromatic N) is 2. The summed E-state index contributed by atoms with van der Waals surface area (Å²) in [5.41, 5.74) is 0. The summed E-state index contributed by atoms with van der Waals surface area (Å²) in [6, 6.07) is 0.0546. The van der Waals surface area contributed by atoms with Crippen LogP contribution in [-0.4, -0.2) is 59.9 Å². The largest absolute Gasteiger partial charge is 0.342 e. The fraction of sp³-hybridized carbons (Fsp3) is 0.857. The lowest BCUT2D eigenvalue weighted by molar-refractivity contribution is -0.151. The molecule has 104 valence electrons. The van der Waals surface area contributed by atoms with Crippen molar-refractivity contribution in [1.82, 2.24) is 15.1 Å². The molecule has 0 aromatic heterocycles. The number of carbonyl (C=O) groups excluding carboxylic acids is 2. The van der Waals surface area contributed by atoms with E-state index in [1.807, 2.05) is 4.90 Å². The summed E-state index contributed by atoms with van der Waals surface area (Å²) in [4.78, 5) is 28.9. The van der Waals surface area contributed by atoms with Gasteiger partial charge in [0.2, 0.25) is 11.8 Å². The minimum absolute atomic E-state index is 0.0351. The van der Waals surface area contributed by atoms with Crippen LogP contribution in [0.25, 0.3) is 0 Å². The van der Waals surface area contributed by atoms with Crippen LogP contribution in [0.15, 0.2) is 0 Å². The van der Waals surface area contributed by atoms with Crippen molar-refractivity contribution in [3.05, 3.63) is 0 Å². The van der Waals surface area contributed by atoms with Crippen molar-refractivity contribution < 1.29 is 9.59 Å². The van der Waals surface area contributed by atoms with Gasteiger partial charge in [0.1, 0.15) is 6.04 Å². The van der Waals surface area contributed by atoms with Crippen LogP contribution in [0.5, 0.6) is 0 Å². The summed E-state index contributed by atoms with van der Waals surface area (Å²) < 4.78 is 0. The lowest BCUT2D eigenvalue weighted by atomic mass is 9.82. The Bertz CT molecular complexity index is 413. The molecule has 2 bridgehead atoms. The highest BCUT2D eigenvalue weighted by molar-refractivity contribution is 5.95. The first kappa shape index (κ1) is 11.7. The first-order valence-electron chi connectivity index (χ1n) is 7.54. The third-order valence-corrected chi connectivity index (χ3v) is 5.29. The molecule has 0 spiro atoms. The third kappa shape index (κ3) is 1.95. The van der Waals surface area contributed by atoms with Gasteiger partial charge in [0.25, 0.3) is 0 Å². The number of hydrogen-bond acceptors (Lipinski definition) is 3. The Hall–Kier alpha value is -1.10. The average Bonchev–Trinajstić information content (AvgIpc) is 3.27. The van der Waals surface area contributed by atoms with E-state index in [9.17, 15) is 9.59 Å². The minimum atomic E-state index is -0.225. The van der Waals surface area contributed by atoms with Crippen molar-refractivity contribution in [2.45, 2.75) is 37.8 Å². The van der Waals surface area contributed by atoms with Gasteiger partial charge >= 0.3 is 0 Å². The van der Waals surface area contributed by atoms with Gasteiger partial charge in [-0.05, 0) is 50.6 Å². The van der Waals surface area contributed by atoms with Crippen molar-refractivity contribution in [3.63, 3.8) is 0 Å². The van der Waals surface area contributed by atoms with Gasteiger partial charge in [-0.25, -0.2) is 0 Å². The Morgan fingerprint density at radius 1 is 1.00 bits per heavy atom. The molecule has 1 saturated carbocycles. The number of piperidine rings is 3. The zero-order valence-corrected chi connectivity index (χ0v) is 11.2. The maximum absolute atomic E-state index is 12.6. The predicted molar refractivity (Wildman–Crippen MR) is 69.3 cm³/mol. The zero-order chi connectivity index (χ0) is 13.0. The van der Waals surface area contributed by atoms with E-state index in [1.165, 1.54) is 25.9 Å². The Morgan fingerprint density at radius 2 is 1.74 bits per heavy atom. The molecule has 5 fully saturated rings. The van der Waals surface area contributed by atoms with Crippen LogP contribution < -0.4 is 5.32 Å². The lowest BCUT2D eigenvalue weighted by Gasteiger charge is -2.50. The van der Waals surface area contributed by atoms with E-state index in [2.05, 4.69) is 10.2 Å². The quantitative estimate of drug-likeness (QED) is 0.752. The van der Waals surface area contributed by atoms with Crippen LogP contribution >= 0.6 is 0 Å². The first-order chi connectivity index (χ1) is 9.22. The van der Waals surface area contributed by atoms with Crippen LogP contribution in [-0.2, 0) is 9.59 Å². The Balaban J connectivity index is 1.55. The van der Waals surface area contributed by atoms with E-state index in [1.54, 1.807) is 0 Å². The second kappa shape index (κ2) is 4.20. The Kier molecular flexibility index (Phi) is 2.59. The third-order valence-electron chi connectivity index (χ3n) is 5.29. The maximum atomic E-state index is 12.6. The Morgan fingerprint density at radius 3 is 2.32 bits per heavy atom. The molecule has 4 aliphatic heterocycles. The SMILES string of the molecule is O=C1CN(C2CN3CCC2CC3)C(=O)C(C2CC2)N1. The second-order valence-corrected chi connectivity index (χ2v) is 6.55. The smallest absolute Gasteiger partial charge is 0.246 e. The summed E-state index contributed by atoms with van der Waals surface area (Å²) in [6.45, 7) is 3.58. The second-order valence-electron chi connectivity index (χ2n) is 6.55.